The van der Waals surface area contributed by atoms with E-state index in [9.17, 15) is 4.79 Å². The lowest BCUT2D eigenvalue weighted by atomic mass is 10.1. The summed E-state index contributed by atoms with van der Waals surface area (Å²) in [4.78, 5) is 18.5. The van der Waals surface area contributed by atoms with E-state index in [4.69, 9.17) is 0 Å². The summed E-state index contributed by atoms with van der Waals surface area (Å²) in [6, 6.07) is 12.9. The third-order valence-electron chi connectivity index (χ3n) is 4.63. The molecule has 1 atom stereocenters. The minimum Gasteiger partial charge on any atom is -0.351 e. The predicted molar refractivity (Wildman–Crippen MR) is 101 cm³/mol. The molecule has 0 fully saturated rings. The Morgan fingerprint density at radius 2 is 2.15 bits per heavy atom. The summed E-state index contributed by atoms with van der Waals surface area (Å²) in [5.74, 6) is -0.108. The molecule has 3 heterocycles. The van der Waals surface area contributed by atoms with Crippen molar-refractivity contribution in [1.82, 2.24) is 25.0 Å². The maximum absolute atomic E-state index is 12.0. The fourth-order valence-electron chi connectivity index (χ4n) is 3.41. The van der Waals surface area contributed by atoms with Gasteiger partial charge in [-0.1, -0.05) is 30.3 Å². The van der Waals surface area contributed by atoms with Gasteiger partial charge in [-0.15, -0.1) is 11.3 Å². The summed E-state index contributed by atoms with van der Waals surface area (Å²) < 4.78 is 2.11. The number of hydrogen-bond acceptors (Lipinski definition) is 5. The van der Waals surface area contributed by atoms with Crippen molar-refractivity contribution in [3.63, 3.8) is 0 Å². The van der Waals surface area contributed by atoms with Gasteiger partial charge in [-0.3, -0.25) is 14.4 Å². The molecule has 0 unspecified atom stereocenters. The zero-order valence-electron chi connectivity index (χ0n) is 14.4. The molecule has 1 aromatic carbocycles. The largest absolute Gasteiger partial charge is 0.351 e. The molecule has 1 aliphatic rings. The van der Waals surface area contributed by atoms with Crippen molar-refractivity contribution >= 4 is 17.2 Å². The second-order valence-corrected chi connectivity index (χ2v) is 7.21. The summed E-state index contributed by atoms with van der Waals surface area (Å²) in [5, 5.41) is 9.23. The van der Waals surface area contributed by atoms with E-state index in [1.54, 1.807) is 10.9 Å². The molecule has 1 amide bonds. The van der Waals surface area contributed by atoms with Crippen molar-refractivity contribution in [1.29, 1.82) is 0 Å². The Morgan fingerprint density at radius 1 is 1.27 bits per heavy atom. The monoisotopic (exact) mass is 367 g/mol. The highest BCUT2D eigenvalue weighted by Crippen LogP contribution is 2.24. The number of amides is 1. The number of rotatable bonds is 6. The van der Waals surface area contributed by atoms with E-state index < -0.39 is 0 Å². The first-order valence-electron chi connectivity index (χ1n) is 8.74. The molecule has 26 heavy (non-hydrogen) atoms. The number of carbonyl (C=O) groups excluding carboxylic acids is 1. The van der Waals surface area contributed by atoms with Crippen molar-refractivity contribution < 1.29 is 4.79 Å². The second-order valence-electron chi connectivity index (χ2n) is 6.49. The van der Waals surface area contributed by atoms with Gasteiger partial charge in [-0.25, -0.2) is 4.98 Å². The molecule has 0 saturated heterocycles. The Bertz CT molecular complexity index is 846. The van der Waals surface area contributed by atoms with Gasteiger partial charge in [0.15, 0.2) is 0 Å². The fraction of sp³-hybridized carbons (Fsp3) is 0.316. The number of fused-ring (bicyclic) bond motifs is 1. The highest BCUT2D eigenvalue weighted by Gasteiger charge is 2.25. The lowest BCUT2D eigenvalue weighted by Gasteiger charge is -2.34. The van der Waals surface area contributed by atoms with E-state index >= 15 is 0 Å². The lowest BCUT2D eigenvalue weighted by molar-refractivity contribution is 0.0942. The molecule has 0 radical (unpaired) electrons. The molecule has 3 aromatic rings. The number of nitrogens with one attached hydrogen (secondary N) is 1. The molecule has 2 aromatic heterocycles. The fourth-order valence-corrected chi connectivity index (χ4v) is 3.94. The van der Waals surface area contributed by atoms with Gasteiger partial charge in [-0.05, 0) is 18.1 Å². The normalized spacial score (nSPS) is 17.0. The summed E-state index contributed by atoms with van der Waals surface area (Å²) in [7, 11) is 0. The van der Waals surface area contributed by atoms with E-state index in [1.165, 1.54) is 22.6 Å². The Hall–Kier alpha value is -2.51. The molecule has 1 aliphatic heterocycles. The van der Waals surface area contributed by atoms with Gasteiger partial charge in [0.25, 0.3) is 5.91 Å². The minimum atomic E-state index is -0.108. The molecule has 6 nitrogen and oxygen atoms in total. The molecule has 7 heteroatoms. The Balaban J connectivity index is 1.38. The zero-order chi connectivity index (χ0) is 17.8. The van der Waals surface area contributed by atoms with Crippen molar-refractivity contribution in [2.45, 2.75) is 25.6 Å². The number of thiazole rings is 1. The molecule has 1 N–H and O–H groups in total. The summed E-state index contributed by atoms with van der Waals surface area (Å²) in [6.07, 6.45) is 2.71. The summed E-state index contributed by atoms with van der Waals surface area (Å²) >= 11 is 1.43. The van der Waals surface area contributed by atoms with Crippen LogP contribution in [0.5, 0.6) is 0 Å². The van der Waals surface area contributed by atoms with E-state index in [1.807, 2.05) is 12.3 Å². The van der Waals surface area contributed by atoms with Crippen molar-refractivity contribution in [3.05, 3.63) is 70.4 Å². The molecular weight excluding hydrogens is 346 g/mol. The van der Waals surface area contributed by atoms with Crippen LogP contribution in [0.2, 0.25) is 0 Å². The predicted octanol–water partition coefficient (Wildman–Crippen LogP) is 2.72. The number of nitrogens with zero attached hydrogens (tertiary/aromatic N) is 4. The highest BCUT2D eigenvalue weighted by atomic mass is 32.1. The van der Waals surface area contributed by atoms with Crippen LogP contribution < -0.4 is 5.32 Å². The number of carbonyl (C=O) groups is 1. The Labute approximate surface area is 156 Å². The average molecular weight is 367 g/mol. The van der Waals surface area contributed by atoms with Crippen LogP contribution in [-0.4, -0.2) is 38.7 Å². The number of benzene rings is 1. The standard InChI is InChI=1S/C19H21N5OS/c25-19(18-13-26-14-21-18)20-8-6-16-11-23(10-15-4-2-1-3-5-15)12-17-7-9-22-24(16)17/h1-5,7,9,13-14,16H,6,8,10-12H2,(H,20,25)/t16-/m1/s1. The van der Waals surface area contributed by atoms with Gasteiger partial charge in [0.2, 0.25) is 0 Å². The third kappa shape index (κ3) is 3.84. The van der Waals surface area contributed by atoms with E-state index in [-0.39, 0.29) is 11.9 Å². The van der Waals surface area contributed by atoms with Gasteiger partial charge in [0.05, 0.1) is 17.2 Å². The number of aromatic nitrogens is 3. The second kappa shape index (κ2) is 7.80. The van der Waals surface area contributed by atoms with Crippen molar-refractivity contribution in [2.75, 3.05) is 13.1 Å². The maximum atomic E-state index is 12.0. The molecular formula is C19H21N5OS. The van der Waals surface area contributed by atoms with Gasteiger partial charge in [-0.2, -0.15) is 5.10 Å². The minimum absolute atomic E-state index is 0.108. The van der Waals surface area contributed by atoms with Crippen LogP contribution in [0.4, 0.5) is 0 Å². The first-order chi connectivity index (χ1) is 12.8. The molecule has 0 aliphatic carbocycles. The SMILES string of the molecule is O=C(NCC[C@@H]1CN(Cc2ccccc2)Cc2ccnn21)c1cscn1. The van der Waals surface area contributed by atoms with Crippen molar-refractivity contribution in [3.8, 4) is 0 Å². The Kier molecular flexibility index (Phi) is 5.08. The van der Waals surface area contributed by atoms with Crippen LogP contribution in [0.15, 0.2) is 53.5 Å². The van der Waals surface area contributed by atoms with Crippen LogP contribution in [0.25, 0.3) is 0 Å². The first kappa shape index (κ1) is 16.9. The van der Waals surface area contributed by atoms with Gasteiger partial charge < -0.3 is 5.32 Å². The third-order valence-corrected chi connectivity index (χ3v) is 5.22. The Morgan fingerprint density at radius 3 is 2.96 bits per heavy atom. The highest BCUT2D eigenvalue weighted by molar-refractivity contribution is 7.07. The molecule has 0 spiro atoms. The van der Waals surface area contributed by atoms with Crippen LogP contribution >= 0.6 is 11.3 Å². The van der Waals surface area contributed by atoms with E-state index in [2.05, 4.69) is 55.3 Å². The smallest absolute Gasteiger partial charge is 0.270 e. The molecule has 0 saturated carbocycles. The first-order valence-corrected chi connectivity index (χ1v) is 9.69. The van der Waals surface area contributed by atoms with Crippen LogP contribution in [0, 0.1) is 0 Å². The quantitative estimate of drug-likeness (QED) is 0.728. The topological polar surface area (TPSA) is 63.1 Å². The molecule has 4 rings (SSSR count). The van der Waals surface area contributed by atoms with Gasteiger partial charge in [0.1, 0.15) is 5.69 Å². The summed E-state index contributed by atoms with van der Waals surface area (Å²) in [6.45, 7) is 3.36. The maximum Gasteiger partial charge on any atom is 0.270 e. The van der Waals surface area contributed by atoms with Crippen molar-refractivity contribution in [2.24, 2.45) is 0 Å². The van der Waals surface area contributed by atoms with Crippen LogP contribution in [0.3, 0.4) is 0 Å². The van der Waals surface area contributed by atoms with E-state index in [0.717, 1.165) is 26.1 Å². The molecule has 134 valence electrons. The number of hydrogen-bond donors (Lipinski definition) is 1. The lowest BCUT2D eigenvalue weighted by Crippen LogP contribution is -2.39. The summed E-state index contributed by atoms with van der Waals surface area (Å²) in [5.41, 5.74) is 4.70. The van der Waals surface area contributed by atoms with Gasteiger partial charge in [0, 0.05) is 37.8 Å². The van der Waals surface area contributed by atoms with Gasteiger partial charge >= 0.3 is 0 Å². The zero-order valence-corrected chi connectivity index (χ0v) is 15.2. The van der Waals surface area contributed by atoms with Crippen LogP contribution in [-0.2, 0) is 13.1 Å². The van der Waals surface area contributed by atoms with E-state index in [0.29, 0.717) is 12.2 Å². The van der Waals surface area contributed by atoms with Crippen LogP contribution in [0.1, 0.15) is 34.2 Å². The molecule has 0 bridgehead atoms. The average Bonchev–Trinajstić information content (AvgIpc) is 3.34.